The molecule has 3 aromatic rings. The number of Topliss-reactive ketones (excluding diaryl/α,β-unsaturated/α-hetero) is 1. The Kier molecular flexibility index (Phi) is 8.01. The molecule has 3 N–H and O–H groups in total. The number of carbonyl (C=O) groups excluding carboxylic acids is 2. The number of anilines is 2. The first-order valence-corrected chi connectivity index (χ1v) is 12.6. The first-order valence-electron chi connectivity index (χ1n) is 12.6. The van der Waals surface area contributed by atoms with E-state index in [1.54, 1.807) is 24.3 Å². The average molecular weight is 461 g/mol. The van der Waals surface area contributed by atoms with Crippen molar-refractivity contribution in [2.75, 3.05) is 30.3 Å². The first-order chi connectivity index (χ1) is 16.6. The zero-order valence-corrected chi connectivity index (χ0v) is 20.3. The van der Waals surface area contributed by atoms with Crippen LogP contribution in [-0.4, -0.2) is 41.3 Å². The minimum absolute atomic E-state index is 0.0567. The number of likely N-dealkylation sites (tertiary alicyclic amines) is 1. The number of benzene rings is 2. The molecule has 6 nitrogen and oxygen atoms in total. The number of H-pyrrole nitrogens is 1. The monoisotopic (exact) mass is 460 g/mol. The molecule has 6 heteroatoms. The molecule has 0 radical (unpaired) electrons. The number of piperidine rings is 1. The molecule has 1 aliphatic rings. The maximum atomic E-state index is 12.6. The van der Waals surface area contributed by atoms with Gasteiger partial charge in [-0.3, -0.25) is 4.79 Å². The van der Waals surface area contributed by atoms with Crippen molar-refractivity contribution in [1.29, 1.82) is 0 Å². The molecule has 34 heavy (non-hydrogen) atoms. The number of ketones is 1. The summed E-state index contributed by atoms with van der Waals surface area (Å²) < 4.78 is 0. The van der Waals surface area contributed by atoms with E-state index in [2.05, 4.69) is 39.7 Å². The molecule has 1 aromatic heterocycles. The third-order valence-corrected chi connectivity index (χ3v) is 6.84. The molecule has 0 spiro atoms. The summed E-state index contributed by atoms with van der Waals surface area (Å²) >= 11 is 0. The van der Waals surface area contributed by atoms with E-state index < -0.39 is 0 Å². The fourth-order valence-corrected chi connectivity index (χ4v) is 4.88. The Morgan fingerprint density at radius 1 is 1.00 bits per heavy atom. The van der Waals surface area contributed by atoms with E-state index in [0.29, 0.717) is 23.6 Å². The van der Waals surface area contributed by atoms with Crippen molar-refractivity contribution < 1.29 is 9.59 Å². The molecule has 0 atom stereocenters. The van der Waals surface area contributed by atoms with E-state index >= 15 is 0 Å². The van der Waals surface area contributed by atoms with Crippen molar-refractivity contribution in [2.24, 2.45) is 0 Å². The lowest BCUT2D eigenvalue weighted by atomic mass is 9.89. The van der Waals surface area contributed by atoms with Gasteiger partial charge in [0.25, 0.3) is 0 Å². The average Bonchev–Trinajstić information content (AvgIpc) is 3.27. The van der Waals surface area contributed by atoms with E-state index in [4.69, 9.17) is 0 Å². The van der Waals surface area contributed by atoms with Crippen LogP contribution in [0.1, 0.15) is 74.2 Å². The summed E-state index contributed by atoms with van der Waals surface area (Å²) in [6.45, 7) is 7.61. The lowest BCUT2D eigenvalue weighted by Crippen LogP contribution is -2.33. The molecular formula is C28H36N4O2. The summed E-state index contributed by atoms with van der Waals surface area (Å²) in [4.78, 5) is 30.6. The number of aromatic nitrogens is 1. The summed E-state index contributed by atoms with van der Waals surface area (Å²) in [7, 11) is 0. The van der Waals surface area contributed by atoms with Crippen molar-refractivity contribution >= 4 is 34.1 Å². The van der Waals surface area contributed by atoms with E-state index in [-0.39, 0.29) is 11.8 Å². The molecule has 0 unspecified atom stereocenters. The Balaban J connectivity index is 1.40. The summed E-state index contributed by atoms with van der Waals surface area (Å²) in [6.07, 6.45) is 8.80. The Bertz CT molecular complexity index is 1130. The van der Waals surface area contributed by atoms with Crippen LogP contribution in [0.15, 0.2) is 48.7 Å². The van der Waals surface area contributed by atoms with Crippen molar-refractivity contribution in [2.45, 2.75) is 58.3 Å². The molecule has 0 saturated carbocycles. The molecule has 1 saturated heterocycles. The lowest BCUT2D eigenvalue weighted by molar-refractivity contribution is 0.0988. The van der Waals surface area contributed by atoms with Gasteiger partial charge >= 0.3 is 6.03 Å². The Labute approximate surface area is 202 Å². The minimum Gasteiger partial charge on any atom is -0.361 e. The van der Waals surface area contributed by atoms with E-state index in [1.165, 1.54) is 49.6 Å². The molecule has 1 fully saturated rings. The molecule has 2 amide bonds. The van der Waals surface area contributed by atoms with Crippen LogP contribution in [0.4, 0.5) is 16.2 Å². The van der Waals surface area contributed by atoms with Gasteiger partial charge in [0, 0.05) is 40.5 Å². The highest BCUT2D eigenvalue weighted by Crippen LogP contribution is 2.34. The van der Waals surface area contributed by atoms with Gasteiger partial charge < -0.3 is 20.5 Å². The number of carbonyl (C=O) groups is 2. The molecular weight excluding hydrogens is 424 g/mol. The zero-order chi connectivity index (χ0) is 23.9. The van der Waals surface area contributed by atoms with Gasteiger partial charge in [-0.1, -0.05) is 38.8 Å². The van der Waals surface area contributed by atoms with Crippen LogP contribution in [0, 0.1) is 0 Å². The van der Waals surface area contributed by atoms with Crippen LogP contribution < -0.4 is 10.6 Å². The molecule has 0 bridgehead atoms. The fraction of sp³-hybridized carbons (Fsp3) is 0.429. The standard InChI is InChI=1S/C28H36N4O2/c1-3-5-6-14-32-15-12-20(13-16-32)25-19-29-26-11-10-23(18-24(25)26)31-28(34)30-22-9-7-8-21(17-22)27(33)4-2/h7-11,17-20,29H,3-6,12-16H2,1-2H3,(H2,30,31,34). The summed E-state index contributed by atoms with van der Waals surface area (Å²) in [5.74, 6) is 0.598. The predicted molar refractivity (Wildman–Crippen MR) is 140 cm³/mol. The number of hydrogen-bond acceptors (Lipinski definition) is 3. The second kappa shape index (κ2) is 11.3. The molecule has 1 aliphatic heterocycles. The van der Waals surface area contributed by atoms with Crippen LogP contribution in [0.5, 0.6) is 0 Å². The summed E-state index contributed by atoms with van der Waals surface area (Å²) in [5, 5.41) is 6.96. The number of aromatic amines is 1. The van der Waals surface area contributed by atoms with Crippen LogP contribution >= 0.6 is 0 Å². The highest BCUT2D eigenvalue weighted by Gasteiger charge is 2.22. The van der Waals surface area contributed by atoms with Crippen LogP contribution in [0.25, 0.3) is 10.9 Å². The fourth-order valence-electron chi connectivity index (χ4n) is 4.88. The predicted octanol–water partition coefficient (Wildman–Crippen LogP) is 6.77. The highest BCUT2D eigenvalue weighted by atomic mass is 16.2. The Hall–Kier alpha value is -3.12. The number of fused-ring (bicyclic) bond motifs is 1. The smallest absolute Gasteiger partial charge is 0.323 e. The van der Waals surface area contributed by atoms with Crippen molar-refractivity contribution in [3.63, 3.8) is 0 Å². The molecule has 4 rings (SSSR count). The van der Waals surface area contributed by atoms with E-state index in [1.807, 2.05) is 19.1 Å². The second-order valence-corrected chi connectivity index (χ2v) is 9.26. The summed E-state index contributed by atoms with van der Waals surface area (Å²) in [5.41, 5.74) is 4.40. The van der Waals surface area contributed by atoms with Crippen molar-refractivity contribution in [3.8, 4) is 0 Å². The van der Waals surface area contributed by atoms with Gasteiger partial charge in [0.05, 0.1) is 0 Å². The number of nitrogens with one attached hydrogen (secondary N) is 3. The van der Waals surface area contributed by atoms with Gasteiger partial charge in [-0.05, 0) is 80.7 Å². The van der Waals surface area contributed by atoms with Gasteiger partial charge in [-0.25, -0.2) is 4.79 Å². The normalized spacial score (nSPS) is 14.9. The maximum absolute atomic E-state index is 12.6. The van der Waals surface area contributed by atoms with Crippen LogP contribution in [0.2, 0.25) is 0 Å². The van der Waals surface area contributed by atoms with Crippen molar-refractivity contribution in [3.05, 3.63) is 59.8 Å². The minimum atomic E-state index is -0.321. The van der Waals surface area contributed by atoms with Gasteiger partial charge in [-0.2, -0.15) is 0 Å². The molecule has 0 aliphatic carbocycles. The van der Waals surface area contributed by atoms with Crippen molar-refractivity contribution in [1.82, 2.24) is 9.88 Å². The van der Waals surface area contributed by atoms with Gasteiger partial charge in [0.1, 0.15) is 0 Å². The van der Waals surface area contributed by atoms with E-state index in [9.17, 15) is 9.59 Å². The third kappa shape index (κ3) is 5.86. The summed E-state index contributed by atoms with van der Waals surface area (Å²) in [6, 6.07) is 12.7. The number of nitrogens with zero attached hydrogens (tertiary/aromatic N) is 1. The topological polar surface area (TPSA) is 77.2 Å². The number of amides is 2. The Morgan fingerprint density at radius 3 is 2.50 bits per heavy atom. The maximum Gasteiger partial charge on any atom is 0.323 e. The van der Waals surface area contributed by atoms with Crippen LogP contribution in [0.3, 0.4) is 0 Å². The second-order valence-electron chi connectivity index (χ2n) is 9.26. The molecule has 2 aromatic carbocycles. The van der Waals surface area contributed by atoms with Gasteiger partial charge in [0.15, 0.2) is 5.78 Å². The van der Waals surface area contributed by atoms with E-state index in [0.717, 1.165) is 24.3 Å². The SMILES string of the molecule is CCCCCN1CCC(c2c[nH]c3ccc(NC(=O)Nc4cccc(C(=O)CC)c4)cc23)CC1. The van der Waals surface area contributed by atoms with Gasteiger partial charge in [-0.15, -0.1) is 0 Å². The van der Waals surface area contributed by atoms with Gasteiger partial charge in [0.2, 0.25) is 0 Å². The quantitative estimate of drug-likeness (QED) is 0.243. The number of rotatable bonds is 9. The number of hydrogen-bond donors (Lipinski definition) is 3. The number of urea groups is 1. The first kappa shape index (κ1) is 24.0. The Morgan fingerprint density at radius 2 is 1.76 bits per heavy atom. The third-order valence-electron chi connectivity index (χ3n) is 6.84. The largest absolute Gasteiger partial charge is 0.361 e. The van der Waals surface area contributed by atoms with Crippen LogP contribution in [-0.2, 0) is 0 Å². The number of unbranched alkanes of at least 4 members (excludes halogenated alkanes) is 2. The zero-order valence-electron chi connectivity index (χ0n) is 20.3. The lowest BCUT2D eigenvalue weighted by Gasteiger charge is -2.32. The highest BCUT2D eigenvalue weighted by molar-refractivity contribution is 6.02. The molecule has 180 valence electrons. The molecule has 2 heterocycles.